The Morgan fingerprint density at radius 1 is 0.556 bits per heavy atom. The molecular weight excluding hydrogens is 220 g/mol. The average molecular weight is 232 g/mol. The van der Waals surface area contributed by atoms with Gasteiger partial charge in [-0.25, -0.2) is 0 Å². The van der Waals surface area contributed by atoms with Crippen LogP contribution in [0.1, 0.15) is 0 Å². The van der Waals surface area contributed by atoms with Crippen molar-refractivity contribution < 1.29 is 0 Å². The van der Waals surface area contributed by atoms with Crippen molar-refractivity contribution in [3.63, 3.8) is 0 Å². The number of hydrogen-bond donors (Lipinski definition) is 0. The van der Waals surface area contributed by atoms with Crippen molar-refractivity contribution in [3.05, 3.63) is 73.1 Å². The van der Waals surface area contributed by atoms with Gasteiger partial charge < -0.3 is 0 Å². The van der Waals surface area contributed by atoms with Crippen LogP contribution >= 0.6 is 0 Å². The van der Waals surface area contributed by atoms with Crippen LogP contribution in [0.2, 0.25) is 0 Å². The molecule has 86 valence electrons. The van der Waals surface area contributed by atoms with Crippen LogP contribution in [-0.2, 0) is 0 Å². The van der Waals surface area contributed by atoms with Gasteiger partial charge in [-0.05, 0) is 24.3 Å². The number of nitrogens with zero attached hydrogens (tertiary/aromatic N) is 2. The predicted octanol–water partition coefficient (Wildman–Crippen LogP) is 3.94. The molecule has 2 aliphatic heterocycles. The smallest absolute Gasteiger partial charge is 0.0708 e. The van der Waals surface area contributed by atoms with Crippen molar-refractivity contribution in [2.75, 3.05) is 10.0 Å². The summed E-state index contributed by atoms with van der Waals surface area (Å²) in [7, 11) is 0. The molecule has 2 aromatic carbocycles. The van der Waals surface area contributed by atoms with E-state index in [0.29, 0.717) is 0 Å². The van der Waals surface area contributed by atoms with Gasteiger partial charge in [0.25, 0.3) is 0 Å². The Morgan fingerprint density at radius 2 is 1.00 bits per heavy atom. The fourth-order valence-corrected chi connectivity index (χ4v) is 2.60. The van der Waals surface area contributed by atoms with Crippen LogP contribution in [0, 0.1) is 0 Å². The first-order valence-corrected chi connectivity index (χ1v) is 6.07. The molecule has 4 rings (SSSR count). The van der Waals surface area contributed by atoms with Gasteiger partial charge in [-0.1, -0.05) is 36.4 Å². The lowest BCUT2D eigenvalue weighted by molar-refractivity contribution is 0.952. The van der Waals surface area contributed by atoms with Crippen LogP contribution in [0.4, 0.5) is 11.4 Å². The second kappa shape index (κ2) is 3.50. The molecule has 0 aromatic heterocycles. The summed E-state index contributed by atoms with van der Waals surface area (Å²) in [6.07, 6.45) is 8.30. The molecular formula is C16H12N2. The van der Waals surface area contributed by atoms with Crippen molar-refractivity contribution in [2.45, 2.75) is 0 Å². The first-order valence-electron chi connectivity index (χ1n) is 6.07. The van der Waals surface area contributed by atoms with Gasteiger partial charge in [0.05, 0.1) is 11.4 Å². The van der Waals surface area contributed by atoms with Gasteiger partial charge in [0.1, 0.15) is 0 Å². The summed E-state index contributed by atoms with van der Waals surface area (Å²) < 4.78 is 0. The molecule has 2 heteroatoms. The quantitative estimate of drug-likeness (QED) is 0.679. The summed E-state index contributed by atoms with van der Waals surface area (Å²) in [5.41, 5.74) is 5.00. The molecule has 0 unspecified atom stereocenters. The van der Waals surface area contributed by atoms with Crippen LogP contribution in [0.3, 0.4) is 0 Å². The molecule has 2 aromatic rings. The second-order valence-electron chi connectivity index (χ2n) is 4.41. The number of anilines is 2. The summed E-state index contributed by atoms with van der Waals surface area (Å²) in [6, 6.07) is 17.0. The van der Waals surface area contributed by atoms with E-state index in [-0.39, 0.29) is 0 Å². The minimum Gasteiger partial charge on any atom is -0.256 e. The minimum atomic E-state index is 1.22. The fraction of sp³-hybridized carbons (Fsp3) is 0. The number of benzene rings is 2. The standard InChI is InChI=1S/C16H12N2/c1-3-9-15-13(7-1)14-8-2-4-10-16(14)18-12-6-5-11-17(15)18/h1-12H. The average Bonchev–Trinajstić information content (AvgIpc) is 2.48. The maximum atomic E-state index is 2.18. The van der Waals surface area contributed by atoms with Gasteiger partial charge in [-0.3, -0.25) is 10.0 Å². The van der Waals surface area contributed by atoms with Gasteiger partial charge in [0, 0.05) is 23.5 Å². The summed E-state index contributed by atoms with van der Waals surface area (Å²) in [4.78, 5) is 0. The van der Waals surface area contributed by atoms with Gasteiger partial charge in [-0.15, -0.1) is 0 Å². The van der Waals surface area contributed by atoms with E-state index in [9.17, 15) is 0 Å². The van der Waals surface area contributed by atoms with Crippen molar-refractivity contribution in [2.24, 2.45) is 0 Å². The van der Waals surface area contributed by atoms with Gasteiger partial charge >= 0.3 is 0 Å². The molecule has 0 radical (unpaired) electrons. The lowest BCUT2D eigenvalue weighted by atomic mass is 9.99. The third-order valence-electron chi connectivity index (χ3n) is 3.39. The molecule has 18 heavy (non-hydrogen) atoms. The van der Waals surface area contributed by atoms with E-state index in [1.165, 1.54) is 22.5 Å². The van der Waals surface area contributed by atoms with Crippen LogP contribution in [0.5, 0.6) is 0 Å². The summed E-state index contributed by atoms with van der Waals surface area (Å²) in [5, 5.41) is 4.36. The Hall–Kier alpha value is -2.48. The number of fused-ring (bicyclic) bond motifs is 6. The predicted molar refractivity (Wildman–Crippen MR) is 75.1 cm³/mol. The Morgan fingerprint density at radius 3 is 1.50 bits per heavy atom. The molecule has 2 aliphatic rings. The highest BCUT2D eigenvalue weighted by Crippen LogP contribution is 2.44. The summed E-state index contributed by atoms with van der Waals surface area (Å²) in [5.74, 6) is 0. The third kappa shape index (κ3) is 1.17. The molecule has 2 nitrogen and oxygen atoms in total. The maximum Gasteiger partial charge on any atom is 0.0708 e. The van der Waals surface area contributed by atoms with E-state index in [1.807, 2.05) is 0 Å². The monoisotopic (exact) mass is 232 g/mol. The zero-order valence-corrected chi connectivity index (χ0v) is 9.82. The highest BCUT2D eigenvalue weighted by atomic mass is 15.6. The molecule has 0 aliphatic carbocycles. The number of allylic oxidation sites excluding steroid dienone is 2. The SMILES string of the molecule is C1=CN2c3ccccc3-c3ccccc3N2C=C1. The number of hydrazine groups is 1. The molecule has 0 saturated carbocycles. The molecule has 0 saturated heterocycles. The zero-order chi connectivity index (χ0) is 11.9. The molecule has 0 bridgehead atoms. The number of rotatable bonds is 0. The van der Waals surface area contributed by atoms with Crippen LogP contribution < -0.4 is 10.0 Å². The first-order chi connectivity index (χ1) is 8.95. The molecule has 0 amide bonds. The normalized spacial score (nSPS) is 15.1. The van der Waals surface area contributed by atoms with Crippen molar-refractivity contribution >= 4 is 11.4 Å². The van der Waals surface area contributed by atoms with Crippen molar-refractivity contribution in [1.82, 2.24) is 0 Å². The van der Waals surface area contributed by atoms with Crippen LogP contribution in [-0.4, -0.2) is 0 Å². The van der Waals surface area contributed by atoms with E-state index in [0.717, 1.165) is 0 Å². The largest absolute Gasteiger partial charge is 0.256 e. The molecule has 0 N–H and O–H groups in total. The van der Waals surface area contributed by atoms with Gasteiger partial charge in [0.2, 0.25) is 0 Å². The molecule has 2 heterocycles. The number of hydrogen-bond acceptors (Lipinski definition) is 2. The summed E-state index contributed by atoms with van der Waals surface area (Å²) in [6.45, 7) is 0. The van der Waals surface area contributed by atoms with E-state index >= 15 is 0 Å². The Bertz CT molecular complexity index is 611. The first kappa shape index (κ1) is 9.54. The van der Waals surface area contributed by atoms with E-state index in [4.69, 9.17) is 0 Å². The zero-order valence-electron chi connectivity index (χ0n) is 9.82. The summed E-state index contributed by atoms with van der Waals surface area (Å²) >= 11 is 0. The Kier molecular flexibility index (Phi) is 1.86. The lowest BCUT2D eigenvalue weighted by Crippen LogP contribution is -2.38. The highest BCUT2D eigenvalue weighted by Gasteiger charge is 2.26. The van der Waals surface area contributed by atoms with Gasteiger partial charge in [-0.2, -0.15) is 0 Å². The lowest BCUT2D eigenvalue weighted by Gasteiger charge is -2.40. The van der Waals surface area contributed by atoms with Crippen molar-refractivity contribution in [1.29, 1.82) is 0 Å². The van der Waals surface area contributed by atoms with Crippen LogP contribution in [0.15, 0.2) is 73.1 Å². The van der Waals surface area contributed by atoms with E-state index in [2.05, 4.69) is 83.1 Å². The van der Waals surface area contributed by atoms with Gasteiger partial charge in [0.15, 0.2) is 0 Å². The highest BCUT2D eigenvalue weighted by molar-refractivity contribution is 5.93. The van der Waals surface area contributed by atoms with E-state index < -0.39 is 0 Å². The topological polar surface area (TPSA) is 6.48 Å². The Labute approximate surface area is 106 Å². The minimum absolute atomic E-state index is 1.22. The van der Waals surface area contributed by atoms with Crippen molar-refractivity contribution in [3.8, 4) is 11.1 Å². The maximum absolute atomic E-state index is 2.18. The van der Waals surface area contributed by atoms with Crippen LogP contribution in [0.25, 0.3) is 11.1 Å². The Balaban J connectivity index is 2.06. The molecule has 0 fully saturated rings. The second-order valence-corrected chi connectivity index (χ2v) is 4.41. The molecule has 0 atom stereocenters. The number of para-hydroxylation sites is 2. The fourth-order valence-electron chi connectivity index (χ4n) is 2.60. The van der Waals surface area contributed by atoms with E-state index in [1.54, 1.807) is 0 Å². The molecule has 0 spiro atoms. The third-order valence-corrected chi connectivity index (χ3v) is 3.39.